The molecular formula is C9H8INOS. The molecule has 0 radical (unpaired) electrons. The molecule has 68 valence electrons. The van der Waals surface area contributed by atoms with Gasteiger partial charge in [0.2, 0.25) is 0 Å². The normalized spacial score (nSPS) is 10.2. The van der Waals surface area contributed by atoms with E-state index < -0.39 is 0 Å². The minimum Gasteiger partial charge on any atom is -0.454 e. The monoisotopic (exact) mass is 305 g/mol. The van der Waals surface area contributed by atoms with Crippen molar-refractivity contribution in [2.24, 2.45) is 0 Å². The number of furan rings is 1. The predicted octanol–water partition coefficient (Wildman–Crippen LogP) is 3.56. The summed E-state index contributed by atoms with van der Waals surface area (Å²) in [5, 5.41) is 7.39. The van der Waals surface area contributed by atoms with Crippen LogP contribution in [0.1, 0.15) is 5.76 Å². The molecule has 0 saturated heterocycles. The van der Waals surface area contributed by atoms with Crippen LogP contribution < -0.4 is 5.32 Å². The van der Waals surface area contributed by atoms with E-state index in [-0.39, 0.29) is 0 Å². The molecule has 0 aliphatic carbocycles. The molecule has 2 heterocycles. The maximum Gasteiger partial charge on any atom is 0.164 e. The third-order valence-electron chi connectivity index (χ3n) is 1.62. The standard InChI is InChI=1S/C9H8INOS/c10-9-2-1-8(12-9)5-11-7-3-4-13-6-7/h1-4,6,11H,5H2. The van der Waals surface area contributed by atoms with Crippen LogP contribution in [0.2, 0.25) is 0 Å². The van der Waals surface area contributed by atoms with Gasteiger partial charge in [0.1, 0.15) is 5.76 Å². The lowest BCUT2D eigenvalue weighted by molar-refractivity contribution is 0.493. The van der Waals surface area contributed by atoms with Crippen molar-refractivity contribution in [3.8, 4) is 0 Å². The molecule has 0 aliphatic rings. The maximum absolute atomic E-state index is 5.41. The number of nitrogens with one attached hydrogen (secondary N) is 1. The number of rotatable bonds is 3. The number of hydrogen-bond acceptors (Lipinski definition) is 3. The van der Waals surface area contributed by atoms with Crippen molar-refractivity contribution in [2.75, 3.05) is 5.32 Å². The van der Waals surface area contributed by atoms with Gasteiger partial charge in [0.05, 0.1) is 6.54 Å². The van der Waals surface area contributed by atoms with Crippen molar-refractivity contribution in [3.63, 3.8) is 0 Å². The van der Waals surface area contributed by atoms with E-state index >= 15 is 0 Å². The smallest absolute Gasteiger partial charge is 0.164 e. The van der Waals surface area contributed by atoms with E-state index in [2.05, 4.69) is 39.4 Å². The van der Waals surface area contributed by atoms with E-state index in [1.54, 1.807) is 11.3 Å². The van der Waals surface area contributed by atoms with E-state index in [9.17, 15) is 0 Å². The fourth-order valence-corrected chi connectivity index (χ4v) is 2.08. The summed E-state index contributed by atoms with van der Waals surface area (Å²) >= 11 is 3.85. The van der Waals surface area contributed by atoms with Crippen LogP contribution in [0.3, 0.4) is 0 Å². The lowest BCUT2D eigenvalue weighted by Crippen LogP contribution is -1.95. The molecule has 0 bridgehead atoms. The number of hydrogen-bond donors (Lipinski definition) is 1. The predicted molar refractivity (Wildman–Crippen MR) is 63.1 cm³/mol. The Labute approximate surface area is 94.1 Å². The van der Waals surface area contributed by atoms with E-state index in [4.69, 9.17) is 4.42 Å². The first kappa shape index (κ1) is 9.08. The Balaban J connectivity index is 1.93. The summed E-state index contributed by atoms with van der Waals surface area (Å²) in [7, 11) is 0. The summed E-state index contributed by atoms with van der Waals surface area (Å²) in [5.74, 6) is 0.968. The van der Waals surface area contributed by atoms with Crippen LogP contribution in [-0.2, 0) is 6.54 Å². The van der Waals surface area contributed by atoms with Gasteiger partial charge >= 0.3 is 0 Å². The van der Waals surface area contributed by atoms with E-state index in [1.165, 1.54) is 0 Å². The first-order valence-electron chi connectivity index (χ1n) is 3.85. The van der Waals surface area contributed by atoms with Crippen molar-refractivity contribution in [1.29, 1.82) is 0 Å². The van der Waals surface area contributed by atoms with Gasteiger partial charge in [-0.2, -0.15) is 11.3 Å². The third kappa shape index (κ3) is 2.47. The summed E-state index contributed by atoms with van der Waals surface area (Å²) in [6.07, 6.45) is 0. The average Bonchev–Trinajstić information content (AvgIpc) is 2.71. The van der Waals surface area contributed by atoms with Crippen molar-refractivity contribution in [1.82, 2.24) is 0 Å². The molecule has 0 spiro atoms. The SMILES string of the molecule is Ic1ccc(CNc2ccsc2)o1. The second-order valence-electron chi connectivity index (χ2n) is 2.57. The molecule has 2 aromatic heterocycles. The minimum atomic E-state index is 0.750. The quantitative estimate of drug-likeness (QED) is 0.877. The first-order valence-corrected chi connectivity index (χ1v) is 5.87. The van der Waals surface area contributed by atoms with Crippen molar-refractivity contribution in [2.45, 2.75) is 6.54 Å². The van der Waals surface area contributed by atoms with E-state index in [0.29, 0.717) is 0 Å². The van der Waals surface area contributed by atoms with Gasteiger partial charge in [0.15, 0.2) is 3.77 Å². The molecule has 0 fully saturated rings. The number of halogens is 1. The van der Waals surface area contributed by atoms with Gasteiger partial charge < -0.3 is 9.73 Å². The number of thiophene rings is 1. The van der Waals surface area contributed by atoms with E-state index in [0.717, 1.165) is 21.8 Å². The molecule has 2 nitrogen and oxygen atoms in total. The lowest BCUT2D eigenvalue weighted by Gasteiger charge is -1.99. The fourth-order valence-electron chi connectivity index (χ4n) is 1.00. The van der Waals surface area contributed by atoms with Crippen molar-refractivity contribution in [3.05, 3.63) is 38.5 Å². The molecule has 4 heteroatoms. The largest absolute Gasteiger partial charge is 0.454 e. The zero-order valence-corrected chi connectivity index (χ0v) is 9.76. The molecule has 13 heavy (non-hydrogen) atoms. The molecule has 0 saturated carbocycles. The van der Waals surface area contributed by atoms with Crippen molar-refractivity contribution < 1.29 is 4.42 Å². The Morgan fingerprint density at radius 2 is 2.31 bits per heavy atom. The van der Waals surface area contributed by atoms with Gasteiger partial charge in [0, 0.05) is 11.1 Å². The summed E-state index contributed by atoms with van der Waals surface area (Å²) in [4.78, 5) is 0. The van der Waals surface area contributed by atoms with Crippen LogP contribution in [0.5, 0.6) is 0 Å². The van der Waals surface area contributed by atoms with Crippen LogP contribution in [0, 0.1) is 3.77 Å². The highest BCUT2D eigenvalue weighted by Crippen LogP contribution is 2.15. The van der Waals surface area contributed by atoms with Gasteiger partial charge in [-0.05, 0) is 46.2 Å². The zero-order valence-electron chi connectivity index (χ0n) is 6.79. The molecule has 2 rings (SSSR count). The summed E-state index contributed by atoms with van der Waals surface area (Å²) in [6.45, 7) is 0.750. The highest BCUT2D eigenvalue weighted by atomic mass is 127. The minimum absolute atomic E-state index is 0.750. The van der Waals surface area contributed by atoms with Gasteiger partial charge in [-0.3, -0.25) is 0 Å². The molecule has 0 aromatic carbocycles. The molecule has 0 aliphatic heterocycles. The Morgan fingerprint density at radius 1 is 1.38 bits per heavy atom. The molecular weight excluding hydrogens is 297 g/mol. The molecule has 0 unspecified atom stereocenters. The molecule has 0 atom stereocenters. The Morgan fingerprint density at radius 3 is 2.92 bits per heavy atom. The van der Waals surface area contributed by atoms with Crippen LogP contribution in [0.4, 0.5) is 5.69 Å². The Bertz CT molecular complexity index is 369. The third-order valence-corrected chi connectivity index (χ3v) is 2.88. The van der Waals surface area contributed by atoms with Crippen LogP contribution in [0.25, 0.3) is 0 Å². The highest BCUT2D eigenvalue weighted by Gasteiger charge is 1.98. The van der Waals surface area contributed by atoms with Gasteiger partial charge in [0.25, 0.3) is 0 Å². The zero-order chi connectivity index (χ0) is 9.10. The Kier molecular flexibility index (Phi) is 2.90. The van der Waals surface area contributed by atoms with E-state index in [1.807, 2.05) is 17.5 Å². The second kappa shape index (κ2) is 4.15. The summed E-state index contributed by atoms with van der Waals surface area (Å²) in [5.41, 5.74) is 1.15. The topological polar surface area (TPSA) is 25.2 Å². The lowest BCUT2D eigenvalue weighted by atomic mass is 10.4. The van der Waals surface area contributed by atoms with Gasteiger partial charge in [-0.1, -0.05) is 0 Å². The van der Waals surface area contributed by atoms with Crippen LogP contribution in [-0.4, -0.2) is 0 Å². The maximum atomic E-state index is 5.41. The summed E-state index contributed by atoms with van der Waals surface area (Å²) < 4.78 is 6.34. The van der Waals surface area contributed by atoms with Gasteiger partial charge in [-0.25, -0.2) is 0 Å². The molecule has 1 N–H and O–H groups in total. The van der Waals surface area contributed by atoms with Crippen LogP contribution in [0.15, 0.2) is 33.4 Å². The first-order chi connectivity index (χ1) is 6.34. The van der Waals surface area contributed by atoms with Gasteiger partial charge in [-0.15, -0.1) is 0 Å². The molecule has 0 amide bonds. The van der Waals surface area contributed by atoms with Crippen molar-refractivity contribution >= 4 is 39.6 Å². The fraction of sp³-hybridized carbons (Fsp3) is 0.111. The molecule has 2 aromatic rings. The summed E-state index contributed by atoms with van der Waals surface area (Å²) in [6, 6.07) is 6.00. The number of anilines is 1. The van der Waals surface area contributed by atoms with Crippen LogP contribution >= 0.6 is 33.9 Å². The average molecular weight is 305 g/mol. The Hall–Kier alpha value is -0.490. The second-order valence-corrected chi connectivity index (χ2v) is 4.41. The highest BCUT2D eigenvalue weighted by molar-refractivity contribution is 14.1.